The van der Waals surface area contributed by atoms with Crippen molar-refractivity contribution in [3.05, 3.63) is 42.5 Å². The van der Waals surface area contributed by atoms with Crippen molar-refractivity contribution in [1.82, 2.24) is 19.3 Å². The Kier molecular flexibility index (Phi) is 5.31. The molecule has 152 valence electrons. The van der Waals surface area contributed by atoms with Gasteiger partial charge in [0.15, 0.2) is 0 Å². The van der Waals surface area contributed by atoms with Gasteiger partial charge in [-0.2, -0.15) is 4.31 Å². The molecule has 3 aromatic rings. The van der Waals surface area contributed by atoms with Gasteiger partial charge in [-0.05, 0) is 19.1 Å². The number of esters is 1. The molecule has 0 spiro atoms. The van der Waals surface area contributed by atoms with Gasteiger partial charge in [-0.1, -0.05) is 6.07 Å². The molecule has 1 N–H and O–H groups in total. The number of carbonyl (C=O) groups excluding carboxylic acids is 1. The molecule has 4 rings (SSSR count). The molecule has 0 amide bonds. The summed E-state index contributed by atoms with van der Waals surface area (Å²) in [4.78, 5) is 23.7. The zero-order valence-corrected chi connectivity index (χ0v) is 16.6. The molecular formula is C19H20N4O5S. The normalized spacial score (nSPS) is 15.5. The molecule has 0 radical (unpaired) electrons. The Morgan fingerprint density at radius 3 is 2.76 bits per heavy atom. The maximum Gasteiger partial charge on any atom is 0.356 e. The zero-order valence-electron chi connectivity index (χ0n) is 15.8. The first-order chi connectivity index (χ1) is 14.0. The first-order valence-electron chi connectivity index (χ1n) is 9.19. The summed E-state index contributed by atoms with van der Waals surface area (Å²) in [5.74, 6) is -0.711. The molecule has 1 aromatic carbocycles. The van der Waals surface area contributed by atoms with Crippen LogP contribution in [0.2, 0.25) is 0 Å². The number of rotatable bonds is 5. The average molecular weight is 416 g/mol. The van der Waals surface area contributed by atoms with E-state index in [0.717, 1.165) is 0 Å². The smallest absolute Gasteiger partial charge is 0.356 e. The number of aromatic nitrogens is 3. The second kappa shape index (κ2) is 7.90. The van der Waals surface area contributed by atoms with E-state index in [2.05, 4.69) is 15.0 Å². The maximum atomic E-state index is 13.5. The molecule has 1 aliphatic rings. The van der Waals surface area contributed by atoms with E-state index in [1.807, 2.05) is 0 Å². The number of hydrogen-bond acceptors (Lipinski definition) is 7. The molecule has 29 heavy (non-hydrogen) atoms. The summed E-state index contributed by atoms with van der Waals surface area (Å²) in [5.41, 5.74) is 1.73. The topological polar surface area (TPSA) is 114 Å². The Balaban J connectivity index is 1.92. The molecule has 0 atom stereocenters. The average Bonchev–Trinajstić information content (AvgIpc) is 3.15. The van der Waals surface area contributed by atoms with Crippen LogP contribution in [0.25, 0.3) is 22.2 Å². The van der Waals surface area contributed by atoms with Crippen LogP contribution < -0.4 is 0 Å². The van der Waals surface area contributed by atoms with Crippen molar-refractivity contribution in [2.75, 3.05) is 32.9 Å². The van der Waals surface area contributed by atoms with Crippen molar-refractivity contribution in [3.8, 4) is 11.3 Å². The van der Waals surface area contributed by atoms with E-state index < -0.39 is 16.0 Å². The van der Waals surface area contributed by atoms with Crippen LogP contribution in [-0.2, 0) is 19.5 Å². The molecule has 2 aromatic heterocycles. The highest BCUT2D eigenvalue weighted by Gasteiger charge is 2.34. The van der Waals surface area contributed by atoms with Crippen LogP contribution in [0, 0.1) is 0 Å². The van der Waals surface area contributed by atoms with Crippen molar-refractivity contribution in [2.24, 2.45) is 0 Å². The minimum Gasteiger partial charge on any atom is -0.461 e. The van der Waals surface area contributed by atoms with Gasteiger partial charge >= 0.3 is 5.97 Å². The third kappa shape index (κ3) is 3.61. The molecule has 0 bridgehead atoms. The third-order valence-corrected chi connectivity index (χ3v) is 6.64. The summed E-state index contributed by atoms with van der Waals surface area (Å²) in [7, 11) is -3.95. The second-order valence-corrected chi connectivity index (χ2v) is 8.29. The van der Waals surface area contributed by atoms with Gasteiger partial charge < -0.3 is 14.5 Å². The Bertz CT molecular complexity index is 1140. The summed E-state index contributed by atoms with van der Waals surface area (Å²) < 4.78 is 38.6. The summed E-state index contributed by atoms with van der Waals surface area (Å²) in [6.45, 7) is 2.86. The SMILES string of the molecule is CCOC(=O)c1[nH]c2ccc(-c3cnccn3)cc2c1S(=O)(=O)N1CCOCC1. The number of fused-ring (bicyclic) bond motifs is 1. The van der Waals surface area contributed by atoms with Gasteiger partial charge in [-0.15, -0.1) is 0 Å². The van der Waals surface area contributed by atoms with Gasteiger partial charge in [0.1, 0.15) is 10.6 Å². The number of benzene rings is 1. The first-order valence-corrected chi connectivity index (χ1v) is 10.6. The Morgan fingerprint density at radius 1 is 1.28 bits per heavy atom. The summed E-state index contributed by atoms with van der Waals surface area (Å²) >= 11 is 0. The van der Waals surface area contributed by atoms with Crippen LogP contribution in [-0.4, -0.2) is 66.6 Å². The molecule has 0 unspecified atom stereocenters. The van der Waals surface area contributed by atoms with E-state index in [-0.39, 0.29) is 30.3 Å². The molecule has 0 saturated carbocycles. The lowest BCUT2D eigenvalue weighted by molar-refractivity contribution is 0.0515. The van der Waals surface area contributed by atoms with Crippen molar-refractivity contribution in [1.29, 1.82) is 0 Å². The van der Waals surface area contributed by atoms with Gasteiger partial charge in [0.2, 0.25) is 10.0 Å². The second-order valence-electron chi connectivity index (χ2n) is 6.42. The quantitative estimate of drug-likeness (QED) is 0.631. The van der Waals surface area contributed by atoms with Crippen LogP contribution in [0.3, 0.4) is 0 Å². The van der Waals surface area contributed by atoms with Crippen molar-refractivity contribution < 1.29 is 22.7 Å². The standard InChI is InChI=1S/C19H20N4O5S/c1-2-28-19(24)17-18(29(25,26)23-7-9-27-10-8-23)14-11-13(3-4-15(14)22-17)16-12-20-5-6-21-16/h3-6,11-12,22H,2,7-10H2,1H3. The van der Waals surface area contributed by atoms with Crippen molar-refractivity contribution in [3.63, 3.8) is 0 Å². The molecule has 1 saturated heterocycles. The number of nitrogens with zero attached hydrogens (tertiary/aromatic N) is 3. The molecule has 10 heteroatoms. The van der Waals surface area contributed by atoms with Crippen LogP contribution in [0.15, 0.2) is 41.7 Å². The molecular weight excluding hydrogens is 396 g/mol. The lowest BCUT2D eigenvalue weighted by Gasteiger charge is -2.26. The lowest BCUT2D eigenvalue weighted by atomic mass is 10.1. The molecule has 1 aliphatic heterocycles. The monoisotopic (exact) mass is 416 g/mol. The number of sulfonamides is 1. The Morgan fingerprint density at radius 2 is 2.07 bits per heavy atom. The fraction of sp³-hybridized carbons (Fsp3) is 0.316. The molecule has 9 nitrogen and oxygen atoms in total. The van der Waals surface area contributed by atoms with E-state index in [4.69, 9.17) is 9.47 Å². The summed E-state index contributed by atoms with van der Waals surface area (Å²) in [6.07, 6.45) is 4.72. The van der Waals surface area contributed by atoms with Gasteiger partial charge in [-0.3, -0.25) is 9.97 Å². The van der Waals surface area contributed by atoms with Gasteiger partial charge in [0, 0.05) is 41.9 Å². The van der Waals surface area contributed by atoms with Crippen LogP contribution >= 0.6 is 0 Å². The fourth-order valence-electron chi connectivity index (χ4n) is 3.31. The largest absolute Gasteiger partial charge is 0.461 e. The van der Waals surface area contributed by atoms with Crippen LogP contribution in [0.4, 0.5) is 0 Å². The number of hydrogen-bond donors (Lipinski definition) is 1. The van der Waals surface area contributed by atoms with Crippen molar-refractivity contribution >= 4 is 26.9 Å². The zero-order chi connectivity index (χ0) is 20.4. The predicted octanol–water partition coefficient (Wildman–Crippen LogP) is 1.82. The number of morpholine rings is 1. The van der Waals surface area contributed by atoms with Crippen LogP contribution in [0.5, 0.6) is 0 Å². The van der Waals surface area contributed by atoms with E-state index in [9.17, 15) is 13.2 Å². The highest BCUT2D eigenvalue weighted by Crippen LogP contribution is 2.33. The predicted molar refractivity (Wildman–Crippen MR) is 105 cm³/mol. The number of H-pyrrole nitrogens is 1. The van der Waals surface area contributed by atoms with Gasteiger partial charge in [0.05, 0.1) is 31.7 Å². The van der Waals surface area contributed by atoms with E-state index in [1.165, 1.54) is 4.31 Å². The minimum atomic E-state index is -3.95. The van der Waals surface area contributed by atoms with Gasteiger partial charge in [0.25, 0.3) is 0 Å². The number of nitrogens with one attached hydrogen (secondary N) is 1. The fourth-order valence-corrected chi connectivity index (χ4v) is 5.03. The summed E-state index contributed by atoms with van der Waals surface area (Å²) in [6, 6.07) is 5.22. The Labute approximate surface area is 167 Å². The van der Waals surface area contributed by atoms with Gasteiger partial charge in [-0.25, -0.2) is 13.2 Å². The first kappa shape index (κ1) is 19.5. The Hall–Kier alpha value is -2.82. The van der Waals surface area contributed by atoms with E-state index >= 15 is 0 Å². The van der Waals surface area contributed by atoms with Crippen LogP contribution in [0.1, 0.15) is 17.4 Å². The molecule has 1 fully saturated rings. The van der Waals surface area contributed by atoms with Crippen molar-refractivity contribution in [2.45, 2.75) is 11.8 Å². The van der Waals surface area contributed by atoms with E-state index in [1.54, 1.807) is 43.7 Å². The highest BCUT2D eigenvalue weighted by molar-refractivity contribution is 7.89. The number of ether oxygens (including phenoxy) is 2. The van der Waals surface area contributed by atoms with E-state index in [0.29, 0.717) is 35.4 Å². The number of aromatic amines is 1. The maximum absolute atomic E-state index is 13.5. The molecule has 0 aliphatic carbocycles. The number of carbonyl (C=O) groups is 1. The molecule has 3 heterocycles. The minimum absolute atomic E-state index is 0.0790. The third-order valence-electron chi connectivity index (χ3n) is 4.66. The highest BCUT2D eigenvalue weighted by atomic mass is 32.2. The summed E-state index contributed by atoms with van der Waals surface area (Å²) in [5, 5.41) is 0.405. The lowest BCUT2D eigenvalue weighted by Crippen LogP contribution is -2.41.